The van der Waals surface area contributed by atoms with Crippen molar-refractivity contribution in [1.82, 2.24) is 0 Å². The highest BCUT2D eigenvalue weighted by Crippen LogP contribution is 2.52. The van der Waals surface area contributed by atoms with E-state index in [1.54, 1.807) is 0 Å². The van der Waals surface area contributed by atoms with Gasteiger partial charge in [-0.1, -0.05) is 37.5 Å². The average Bonchev–Trinajstić information content (AvgIpc) is 3.35. The van der Waals surface area contributed by atoms with Gasteiger partial charge in [0.1, 0.15) is 0 Å². The number of ether oxygens (including phenoxy) is 3. The van der Waals surface area contributed by atoms with Gasteiger partial charge in [0.2, 0.25) is 0 Å². The number of esters is 1. The fourth-order valence-corrected chi connectivity index (χ4v) is 5.63. The second-order valence-electron chi connectivity index (χ2n) is 9.62. The monoisotopic (exact) mass is 446 g/mol. The second-order valence-corrected chi connectivity index (χ2v) is 9.62. The molecular weight excluding hydrogens is 404 g/mol. The molecule has 1 unspecified atom stereocenters. The van der Waals surface area contributed by atoms with Gasteiger partial charge in [-0.25, -0.2) is 0 Å². The molecule has 0 radical (unpaired) electrons. The van der Waals surface area contributed by atoms with E-state index in [0.29, 0.717) is 24.7 Å². The molecule has 2 saturated carbocycles. The van der Waals surface area contributed by atoms with Crippen LogP contribution in [-0.2, 0) is 23.8 Å². The van der Waals surface area contributed by atoms with Gasteiger partial charge >= 0.3 is 5.97 Å². The Morgan fingerprint density at radius 2 is 2.00 bits per heavy atom. The zero-order valence-corrected chi connectivity index (χ0v) is 20.1. The average molecular weight is 447 g/mol. The lowest BCUT2D eigenvalue weighted by Crippen LogP contribution is -2.30. The van der Waals surface area contributed by atoms with E-state index in [9.17, 15) is 9.59 Å². The summed E-state index contributed by atoms with van der Waals surface area (Å²) in [5.74, 6) is 1.44. The maximum Gasteiger partial charge on any atom is 0.305 e. The van der Waals surface area contributed by atoms with Crippen molar-refractivity contribution >= 4 is 11.8 Å². The Balaban J connectivity index is 1.62. The van der Waals surface area contributed by atoms with E-state index in [0.717, 1.165) is 77.2 Å². The lowest BCUT2D eigenvalue weighted by molar-refractivity contribution is -0.192. The Labute approximate surface area is 193 Å². The van der Waals surface area contributed by atoms with Crippen LogP contribution in [0.1, 0.15) is 90.4 Å². The third-order valence-electron chi connectivity index (χ3n) is 7.38. The normalized spacial score (nSPS) is 31.3. The third kappa shape index (κ3) is 7.28. The molecule has 1 heterocycles. The van der Waals surface area contributed by atoms with Crippen LogP contribution in [0.25, 0.3) is 0 Å². The molecule has 0 aromatic heterocycles. The maximum absolute atomic E-state index is 12.4. The van der Waals surface area contributed by atoms with Crippen molar-refractivity contribution in [2.24, 2.45) is 17.8 Å². The first-order chi connectivity index (χ1) is 15.6. The van der Waals surface area contributed by atoms with Crippen LogP contribution >= 0.6 is 0 Å². The molecule has 1 aliphatic heterocycles. The molecule has 5 atom stereocenters. The summed E-state index contributed by atoms with van der Waals surface area (Å²) >= 11 is 0. The van der Waals surface area contributed by atoms with Gasteiger partial charge in [0.25, 0.3) is 0 Å². The third-order valence-corrected chi connectivity index (χ3v) is 7.38. The van der Waals surface area contributed by atoms with Gasteiger partial charge in [0.15, 0.2) is 12.1 Å². The van der Waals surface area contributed by atoms with E-state index in [2.05, 4.69) is 19.1 Å². The summed E-state index contributed by atoms with van der Waals surface area (Å²) in [7, 11) is 1.44. The van der Waals surface area contributed by atoms with Gasteiger partial charge in [-0.15, -0.1) is 0 Å². The molecule has 3 fully saturated rings. The van der Waals surface area contributed by atoms with Gasteiger partial charge in [-0.2, -0.15) is 0 Å². The summed E-state index contributed by atoms with van der Waals surface area (Å²) in [5, 5.41) is 0. The van der Waals surface area contributed by atoms with Crippen LogP contribution in [0.4, 0.5) is 0 Å². The van der Waals surface area contributed by atoms with Crippen LogP contribution in [0.15, 0.2) is 23.8 Å². The summed E-state index contributed by atoms with van der Waals surface area (Å²) in [6.07, 6.45) is 19.0. The lowest BCUT2D eigenvalue weighted by atomic mass is 9.89. The van der Waals surface area contributed by atoms with E-state index >= 15 is 0 Å². The summed E-state index contributed by atoms with van der Waals surface area (Å²) in [6, 6.07) is 0. The minimum atomic E-state index is -0.136. The van der Waals surface area contributed by atoms with Crippen molar-refractivity contribution < 1.29 is 23.8 Å². The number of fused-ring (bicyclic) bond motifs is 1. The second kappa shape index (κ2) is 13.3. The van der Waals surface area contributed by atoms with Crippen molar-refractivity contribution in [1.29, 1.82) is 0 Å². The topological polar surface area (TPSA) is 61.8 Å². The number of carbonyl (C=O) groups is 2. The van der Waals surface area contributed by atoms with E-state index in [-0.39, 0.29) is 30.1 Å². The zero-order chi connectivity index (χ0) is 22.8. The molecule has 5 nitrogen and oxygen atoms in total. The van der Waals surface area contributed by atoms with Gasteiger partial charge in [0.05, 0.1) is 13.2 Å². The summed E-state index contributed by atoms with van der Waals surface area (Å²) < 4.78 is 17.1. The first-order valence-corrected chi connectivity index (χ1v) is 12.9. The van der Waals surface area contributed by atoms with E-state index in [4.69, 9.17) is 14.2 Å². The number of rotatable bonds is 12. The van der Waals surface area contributed by atoms with Crippen LogP contribution in [0.5, 0.6) is 0 Å². The van der Waals surface area contributed by atoms with Crippen molar-refractivity contribution in [3.05, 3.63) is 23.8 Å². The molecule has 5 heteroatoms. The van der Waals surface area contributed by atoms with E-state index < -0.39 is 0 Å². The fourth-order valence-electron chi connectivity index (χ4n) is 5.63. The van der Waals surface area contributed by atoms with E-state index in [1.165, 1.54) is 12.7 Å². The minimum Gasteiger partial charge on any atom is -0.469 e. The predicted molar refractivity (Wildman–Crippen MR) is 125 cm³/mol. The zero-order valence-electron chi connectivity index (χ0n) is 20.1. The highest BCUT2D eigenvalue weighted by molar-refractivity contribution is 5.89. The SMILES string of the molecule is CCCCCC(=O)C=C[C@H]1[C@H]2CCC(=CCCCC(=O)OC)[C@@H]2C[C@@H]1OC1CCCCO1. The molecule has 0 amide bonds. The number of carbonyl (C=O) groups excluding carboxylic acids is 2. The Hall–Kier alpha value is -1.46. The molecule has 0 spiro atoms. The fraction of sp³-hybridized carbons (Fsp3) is 0.778. The summed E-state index contributed by atoms with van der Waals surface area (Å²) in [5.41, 5.74) is 1.52. The molecule has 0 bridgehead atoms. The van der Waals surface area contributed by atoms with Gasteiger partial charge in [-0.05, 0) is 75.7 Å². The van der Waals surface area contributed by atoms with Crippen LogP contribution < -0.4 is 0 Å². The maximum atomic E-state index is 12.4. The molecular formula is C27H42O5. The minimum absolute atomic E-state index is 0.101. The summed E-state index contributed by atoms with van der Waals surface area (Å²) in [4.78, 5) is 23.7. The number of hydrogen-bond acceptors (Lipinski definition) is 5. The number of allylic oxidation sites excluding steroid dienone is 3. The lowest BCUT2D eigenvalue weighted by Gasteiger charge is -2.29. The molecule has 0 aromatic carbocycles. The van der Waals surface area contributed by atoms with Crippen molar-refractivity contribution in [2.75, 3.05) is 13.7 Å². The van der Waals surface area contributed by atoms with Gasteiger partial charge in [-0.3, -0.25) is 9.59 Å². The number of ketones is 1. The predicted octanol–water partition coefficient (Wildman–Crippen LogP) is 5.92. The Morgan fingerprint density at radius 3 is 2.75 bits per heavy atom. The van der Waals surface area contributed by atoms with Crippen LogP contribution in [-0.4, -0.2) is 37.9 Å². The smallest absolute Gasteiger partial charge is 0.305 e. The Kier molecular flexibility index (Phi) is 10.5. The first-order valence-electron chi connectivity index (χ1n) is 12.9. The molecule has 1 saturated heterocycles. The molecule has 180 valence electrons. The van der Waals surface area contributed by atoms with Gasteiger partial charge in [0, 0.05) is 25.4 Å². The molecule has 3 rings (SSSR count). The quantitative estimate of drug-likeness (QED) is 0.161. The molecule has 0 aromatic rings. The standard InChI is InChI=1S/C27H42O5/c1-3-4-5-11-21(28)15-17-23-22-16-14-20(10-6-7-12-26(29)30-2)24(22)19-25(23)32-27-13-8-9-18-31-27/h10,15,17,22-25,27H,3-9,11-14,16,18-19H2,1-2H3/t22-,23+,24+,25+,27?/m1/s1. The highest BCUT2D eigenvalue weighted by atomic mass is 16.7. The number of unbranched alkanes of at least 4 members (excludes halogenated alkanes) is 3. The molecule has 32 heavy (non-hydrogen) atoms. The van der Waals surface area contributed by atoms with Crippen LogP contribution in [0, 0.1) is 17.8 Å². The number of hydrogen-bond donors (Lipinski definition) is 0. The molecule has 3 aliphatic rings. The van der Waals surface area contributed by atoms with Crippen molar-refractivity contribution in [2.45, 2.75) is 103 Å². The number of methoxy groups -OCH3 is 1. The molecule has 0 N–H and O–H groups in total. The summed E-state index contributed by atoms with van der Waals surface area (Å²) in [6.45, 7) is 2.95. The van der Waals surface area contributed by atoms with Crippen molar-refractivity contribution in [3.8, 4) is 0 Å². The van der Waals surface area contributed by atoms with Gasteiger partial charge < -0.3 is 14.2 Å². The Morgan fingerprint density at radius 1 is 1.12 bits per heavy atom. The largest absolute Gasteiger partial charge is 0.469 e. The molecule has 2 aliphatic carbocycles. The van der Waals surface area contributed by atoms with Crippen molar-refractivity contribution in [3.63, 3.8) is 0 Å². The van der Waals surface area contributed by atoms with E-state index in [1.807, 2.05) is 6.08 Å². The van der Waals surface area contributed by atoms with Crippen LogP contribution in [0.3, 0.4) is 0 Å². The highest BCUT2D eigenvalue weighted by Gasteiger charge is 2.47. The first kappa shape index (κ1) is 25.2. The van der Waals surface area contributed by atoms with Crippen LogP contribution in [0.2, 0.25) is 0 Å². The Bertz CT molecular complexity index is 661.